The summed E-state index contributed by atoms with van der Waals surface area (Å²) in [5, 5.41) is 10.2. The molecular weight excluding hydrogens is 486 g/mol. The van der Waals surface area contributed by atoms with Crippen LogP contribution in [0.5, 0.6) is 0 Å². The van der Waals surface area contributed by atoms with Crippen molar-refractivity contribution in [2.45, 2.75) is 53.4 Å². The predicted molar refractivity (Wildman–Crippen MR) is 147 cm³/mol. The van der Waals surface area contributed by atoms with Gasteiger partial charge in [-0.15, -0.1) is 10.2 Å². The molecule has 36 heavy (non-hydrogen) atoms. The summed E-state index contributed by atoms with van der Waals surface area (Å²) in [6.45, 7) is 6.31. The van der Waals surface area contributed by atoms with Gasteiger partial charge in [-0.2, -0.15) is 0 Å². The molecule has 3 heterocycles. The predicted octanol–water partition coefficient (Wildman–Crippen LogP) is 7.26. The number of thioether (sulfide) groups is 1. The van der Waals surface area contributed by atoms with Crippen molar-refractivity contribution in [3.63, 3.8) is 0 Å². The van der Waals surface area contributed by atoms with Crippen LogP contribution in [0, 0.1) is 0 Å². The fourth-order valence-electron chi connectivity index (χ4n) is 4.74. The lowest BCUT2D eigenvalue weighted by Crippen LogP contribution is -2.35. The Morgan fingerprint density at radius 1 is 0.917 bits per heavy atom. The van der Waals surface area contributed by atoms with Crippen LogP contribution < -0.4 is 4.90 Å². The zero-order chi connectivity index (χ0) is 24.8. The minimum Gasteiger partial charge on any atom is -0.321 e. The monoisotopic (exact) mass is 511 g/mol. The Balaban J connectivity index is 1.39. The molecule has 6 rings (SSSR count). The first kappa shape index (κ1) is 23.1. The van der Waals surface area contributed by atoms with Crippen molar-refractivity contribution in [2.24, 2.45) is 0 Å². The lowest BCUT2D eigenvalue weighted by Gasteiger charge is -2.33. The van der Waals surface area contributed by atoms with Crippen LogP contribution in [0.4, 0.5) is 11.4 Å². The van der Waals surface area contributed by atoms with Crippen LogP contribution in [0.1, 0.15) is 33.2 Å². The second-order valence-corrected chi connectivity index (χ2v) is 11.2. The standard InChI is InChI=1S/C28H25N5OS2/c1-4-22(27(34)33-20-13-7-9-15-23(20)35-24-16-10-8-14-21(24)33)36-28-29-26-25(30-31-28)18-11-5-6-12-19(18)32(26)17(2)3/h5-17,22H,4H2,1-3H3. The van der Waals surface area contributed by atoms with E-state index in [1.807, 2.05) is 60.4 Å². The van der Waals surface area contributed by atoms with Crippen LogP contribution in [0.3, 0.4) is 0 Å². The summed E-state index contributed by atoms with van der Waals surface area (Å²) in [4.78, 5) is 23.0. The van der Waals surface area contributed by atoms with Gasteiger partial charge in [-0.25, -0.2) is 4.98 Å². The zero-order valence-electron chi connectivity index (χ0n) is 20.3. The molecule has 1 amide bonds. The number of para-hydroxylation sites is 3. The topological polar surface area (TPSA) is 63.9 Å². The lowest BCUT2D eigenvalue weighted by atomic mass is 10.2. The maximum absolute atomic E-state index is 14.1. The summed E-state index contributed by atoms with van der Waals surface area (Å²) >= 11 is 3.09. The summed E-state index contributed by atoms with van der Waals surface area (Å²) in [6.07, 6.45) is 0.645. The number of aromatic nitrogens is 4. The molecule has 1 aliphatic heterocycles. The first-order valence-electron chi connectivity index (χ1n) is 12.1. The number of hydrogen-bond donors (Lipinski definition) is 0. The van der Waals surface area contributed by atoms with Gasteiger partial charge in [0.15, 0.2) is 5.65 Å². The Bertz CT molecular complexity index is 1570. The Hall–Kier alpha value is -3.36. The molecule has 3 aromatic carbocycles. The Morgan fingerprint density at radius 3 is 2.22 bits per heavy atom. The maximum Gasteiger partial charge on any atom is 0.245 e. The van der Waals surface area contributed by atoms with Crippen LogP contribution in [0.25, 0.3) is 22.1 Å². The van der Waals surface area contributed by atoms with Crippen molar-refractivity contribution in [3.05, 3.63) is 72.8 Å². The second kappa shape index (κ2) is 9.26. The summed E-state index contributed by atoms with van der Waals surface area (Å²) < 4.78 is 2.19. The molecule has 6 nitrogen and oxygen atoms in total. The molecule has 0 spiro atoms. The number of carbonyl (C=O) groups excluding carboxylic acids is 1. The lowest BCUT2D eigenvalue weighted by molar-refractivity contribution is -0.117. The van der Waals surface area contributed by atoms with Gasteiger partial charge >= 0.3 is 0 Å². The average Bonchev–Trinajstić information content (AvgIpc) is 3.23. The largest absolute Gasteiger partial charge is 0.321 e. The highest BCUT2D eigenvalue weighted by Gasteiger charge is 2.33. The van der Waals surface area contributed by atoms with Gasteiger partial charge in [-0.1, -0.05) is 72.9 Å². The molecule has 0 bridgehead atoms. The fourth-order valence-corrected chi connectivity index (χ4v) is 6.65. The van der Waals surface area contributed by atoms with Crippen LogP contribution in [-0.4, -0.2) is 30.9 Å². The third-order valence-electron chi connectivity index (χ3n) is 6.36. The number of anilines is 2. The summed E-state index contributed by atoms with van der Waals surface area (Å²) in [5.74, 6) is 0.0239. The number of fused-ring (bicyclic) bond motifs is 5. The van der Waals surface area contributed by atoms with E-state index in [4.69, 9.17) is 4.98 Å². The van der Waals surface area contributed by atoms with Crippen LogP contribution >= 0.6 is 23.5 Å². The normalized spacial score (nSPS) is 13.7. The van der Waals surface area contributed by atoms with Crippen LogP contribution in [0.2, 0.25) is 0 Å². The van der Waals surface area contributed by atoms with E-state index >= 15 is 0 Å². The van der Waals surface area contributed by atoms with Crippen molar-refractivity contribution < 1.29 is 4.79 Å². The first-order chi connectivity index (χ1) is 17.6. The van der Waals surface area contributed by atoms with Crippen molar-refractivity contribution in [1.29, 1.82) is 0 Å². The van der Waals surface area contributed by atoms with Crippen molar-refractivity contribution in [3.8, 4) is 0 Å². The fraction of sp³-hybridized carbons (Fsp3) is 0.214. The first-order valence-corrected chi connectivity index (χ1v) is 13.8. The quantitative estimate of drug-likeness (QED) is 0.231. The molecule has 0 radical (unpaired) electrons. The Labute approximate surface area is 218 Å². The van der Waals surface area contributed by atoms with Gasteiger partial charge in [-0.3, -0.25) is 9.69 Å². The van der Waals surface area contributed by atoms with Gasteiger partial charge in [-0.05, 0) is 50.6 Å². The number of hydrogen-bond acceptors (Lipinski definition) is 6. The summed E-state index contributed by atoms with van der Waals surface area (Å²) in [5.41, 5.74) is 4.52. The molecule has 8 heteroatoms. The van der Waals surface area contributed by atoms with Crippen molar-refractivity contribution >= 4 is 62.9 Å². The Morgan fingerprint density at radius 2 is 1.56 bits per heavy atom. The van der Waals surface area contributed by atoms with Gasteiger partial charge in [0, 0.05) is 21.2 Å². The van der Waals surface area contributed by atoms with E-state index in [1.165, 1.54) is 11.8 Å². The minimum atomic E-state index is -0.356. The maximum atomic E-state index is 14.1. The number of carbonyl (C=O) groups is 1. The smallest absolute Gasteiger partial charge is 0.245 e. The van der Waals surface area contributed by atoms with E-state index in [-0.39, 0.29) is 17.2 Å². The molecule has 0 N–H and O–H groups in total. The third kappa shape index (κ3) is 3.76. The molecular formula is C28H25N5OS2. The molecule has 1 aliphatic rings. The van der Waals surface area contributed by atoms with Crippen LogP contribution in [0.15, 0.2) is 87.7 Å². The molecule has 180 valence electrons. The Kier molecular flexibility index (Phi) is 5.93. The van der Waals surface area contributed by atoms with Gasteiger partial charge in [0.05, 0.1) is 22.1 Å². The second-order valence-electron chi connectivity index (χ2n) is 8.97. The van der Waals surface area contributed by atoms with Gasteiger partial charge in [0.2, 0.25) is 11.1 Å². The molecule has 2 aromatic heterocycles. The van der Waals surface area contributed by atoms with E-state index in [0.717, 1.165) is 43.2 Å². The van der Waals surface area contributed by atoms with Crippen molar-refractivity contribution in [1.82, 2.24) is 19.7 Å². The molecule has 0 saturated carbocycles. The average molecular weight is 512 g/mol. The molecule has 0 saturated heterocycles. The minimum absolute atomic E-state index is 0.0239. The third-order valence-corrected chi connectivity index (χ3v) is 8.69. The van der Waals surface area contributed by atoms with Crippen molar-refractivity contribution in [2.75, 3.05) is 4.90 Å². The summed E-state index contributed by atoms with van der Waals surface area (Å²) in [7, 11) is 0. The molecule has 0 fully saturated rings. The molecule has 1 unspecified atom stereocenters. The number of rotatable bonds is 5. The molecule has 0 aliphatic carbocycles. The van der Waals surface area contributed by atoms with E-state index in [0.29, 0.717) is 11.6 Å². The zero-order valence-corrected chi connectivity index (χ0v) is 21.9. The van der Waals surface area contributed by atoms with Gasteiger partial charge < -0.3 is 4.57 Å². The van der Waals surface area contributed by atoms with E-state index < -0.39 is 0 Å². The van der Waals surface area contributed by atoms with E-state index in [1.54, 1.807) is 11.8 Å². The van der Waals surface area contributed by atoms with E-state index in [9.17, 15) is 4.79 Å². The molecule has 5 aromatic rings. The van der Waals surface area contributed by atoms with E-state index in [2.05, 4.69) is 52.9 Å². The number of amides is 1. The molecule has 1 atom stereocenters. The van der Waals surface area contributed by atoms with Crippen LogP contribution in [-0.2, 0) is 4.79 Å². The highest BCUT2D eigenvalue weighted by atomic mass is 32.2. The SMILES string of the molecule is CCC(Sc1nnc2c3ccccc3n(C(C)C)c2n1)C(=O)N1c2ccccc2Sc2ccccc21. The summed E-state index contributed by atoms with van der Waals surface area (Å²) in [6, 6.07) is 24.5. The highest BCUT2D eigenvalue weighted by molar-refractivity contribution is 8.00. The van der Waals surface area contributed by atoms with Gasteiger partial charge in [0.25, 0.3) is 0 Å². The number of benzene rings is 3. The van der Waals surface area contributed by atoms with Gasteiger partial charge in [0.1, 0.15) is 5.52 Å². The highest BCUT2D eigenvalue weighted by Crippen LogP contribution is 2.48. The number of nitrogens with zero attached hydrogens (tertiary/aromatic N) is 5.